The van der Waals surface area contributed by atoms with E-state index in [-0.39, 0.29) is 22.8 Å². The second kappa shape index (κ2) is 9.89. The maximum absolute atomic E-state index is 12.9. The number of carbonyl (C=O) groups excluding carboxylic acids is 2. The van der Waals surface area contributed by atoms with E-state index in [9.17, 15) is 18.0 Å². The number of hydrogen-bond acceptors (Lipinski definition) is 4. The number of benzene rings is 2. The second-order valence-electron chi connectivity index (χ2n) is 7.64. The third-order valence-corrected chi connectivity index (χ3v) is 6.99. The summed E-state index contributed by atoms with van der Waals surface area (Å²) < 4.78 is 27.2. The minimum Gasteiger partial charge on any atom is -0.350 e. The first-order valence-electron chi connectivity index (χ1n) is 10.2. The number of rotatable bonds is 6. The summed E-state index contributed by atoms with van der Waals surface area (Å²) in [5, 5.41) is 5.57. The van der Waals surface area contributed by atoms with Crippen molar-refractivity contribution >= 4 is 33.6 Å². The van der Waals surface area contributed by atoms with Crippen LogP contribution in [0.5, 0.6) is 0 Å². The van der Waals surface area contributed by atoms with Gasteiger partial charge in [-0.25, -0.2) is 8.42 Å². The molecule has 2 N–H and O–H groups in total. The normalized spacial score (nSPS) is 15.7. The van der Waals surface area contributed by atoms with Crippen molar-refractivity contribution in [1.29, 1.82) is 0 Å². The highest BCUT2D eigenvalue weighted by Gasteiger charge is 2.29. The number of anilines is 1. The number of hydrogen-bond donors (Lipinski definition) is 2. The summed E-state index contributed by atoms with van der Waals surface area (Å²) in [6.45, 7) is 4.06. The van der Waals surface area contributed by atoms with Crippen molar-refractivity contribution in [3.63, 3.8) is 0 Å². The summed E-state index contributed by atoms with van der Waals surface area (Å²) in [4.78, 5) is 23.5. The first-order valence-corrected chi connectivity index (χ1v) is 11.6. The van der Waals surface area contributed by atoms with Gasteiger partial charge >= 0.3 is 0 Å². The molecule has 0 saturated carbocycles. The van der Waals surface area contributed by atoms with Gasteiger partial charge in [0.15, 0.2) is 0 Å². The summed E-state index contributed by atoms with van der Waals surface area (Å²) in [7, 11) is -3.62. The lowest BCUT2D eigenvalue weighted by Gasteiger charge is -2.31. The average molecular weight is 442 g/mol. The quantitative estimate of drug-likeness (QED) is 0.674. The van der Waals surface area contributed by atoms with Gasteiger partial charge in [-0.2, -0.15) is 4.31 Å². The summed E-state index contributed by atoms with van der Waals surface area (Å²) in [6.07, 6.45) is 4.38. The average Bonchev–Trinajstić information content (AvgIpc) is 2.73. The summed E-state index contributed by atoms with van der Waals surface area (Å²) in [6, 6.07) is 13.9. The highest BCUT2D eigenvalue weighted by atomic mass is 32.2. The Balaban J connectivity index is 1.53. The van der Waals surface area contributed by atoms with Crippen LogP contribution in [0.3, 0.4) is 0 Å². The molecule has 164 valence electrons. The number of sulfonamides is 1. The van der Waals surface area contributed by atoms with Gasteiger partial charge in [0.2, 0.25) is 21.8 Å². The standard InChI is InChI=1S/C23H27N3O4S/c1-17-4-3-5-19(16-17)6-11-23(28)25-21-12-14-26(15-13-21)31(29,30)22-9-7-20(8-10-22)24-18(2)27/h3-11,16,21H,12-15H2,1-2H3,(H,24,27)(H,25,28)/b11-6+. The first-order chi connectivity index (χ1) is 14.7. The number of nitrogens with one attached hydrogen (secondary N) is 2. The van der Waals surface area contributed by atoms with Crippen molar-refractivity contribution in [3.8, 4) is 0 Å². The molecule has 0 bridgehead atoms. The molecule has 1 aliphatic rings. The van der Waals surface area contributed by atoms with Gasteiger partial charge in [0.05, 0.1) is 4.90 Å². The van der Waals surface area contributed by atoms with Crippen LogP contribution in [0, 0.1) is 6.92 Å². The predicted molar refractivity (Wildman–Crippen MR) is 121 cm³/mol. The van der Waals surface area contributed by atoms with Gasteiger partial charge in [0.1, 0.15) is 0 Å². The maximum atomic E-state index is 12.9. The number of nitrogens with zero attached hydrogens (tertiary/aromatic N) is 1. The minimum atomic E-state index is -3.62. The lowest BCUT2D eigenvalue weighted by molar-refractivity contribution is -0.117. The van der Waals surface area contributed by atoms with Gasteiger partial charge in [-0.05, 0) is 55.7 Å². The van der Waals surface area contributed by atoms with Crippen LogP contribution < -0.4 is 10.6 Å². The van der Waals surface area contributed by atoms with Crippen LogP contribution in [-0.2, 0) is 19.6 Å². The molecular weight excluding hydrogens is 414 g/mol. The molecule has 1 fully saturated rings. The Hall–Kier alpha value is -2.97. The smallest absolute Gasteiger partial charge is 0.244 e. The SMILES string of the molecule is CC(=O)Nc1ccc(S(=O)(=O)N2CCC(NC(=O)/C=C/c3cccc(C)c3)CC2)cc1. The zero-order chi connectivity index (χ0) is 22.4. The van der Waals surface area contributed by atoms with E-state index in [4.69, 9.17) is 0 Å². The van der Waals surface area contributed by atoms with E-state index in [2.05, 4.69) is 10.6 Å². The van der Waals surface area contributed by atoms with Crippen molar-refractivity contribution < 1.29 is 18.0 Å². The molecule has 7 nitrogen and oxygen atoms in total. The van der Waals surface area contributed by atoms with Crippen molar-refractivity contribution in [2.45, 2.75) is 37.6 Å². The molecule has 8 heteroatoms. The van der Waals surface area contributed by atoms with Crippen LogP contribution in [0.15, 0.2) is 59.5 Å². The third kappa shape index (κ3) is 6.26. The Kier molecular flexibility index (Phi) is 7.25. The van der Waals surface area contributed by atoms with Gasteiger partial charge in [-0.3, -0.25) is 9.59 Å². The number of carbonyl (C=O) groups is 2. The van der Waals surface area contributed by atoms with Crippen LogP contribution in [0.2, 0.25) is 0 Å². The maximum Gasteiger partial charge on any atom is 0.244 e. The van der Waals surface area contributed by atoms with Crippen LogP contribution in [0.4, 0.5) is 5.69 Å². The molecule has 0 aliphatic carbocycles. The molecule has 2 aromatic rings. The van der Waals surface area contributed by atoms with Crippen molar-refractivity contribution in [2.24, 2.45) is 0 Å². The highest BCUT2D eigenvalue weighted by molar-refractivity contribution is 7.89. The summed E-state index contributed by atoms with van der Waals surface area (Å²) in [5.74, 6) is -0.398. The minimum absolute atomic E-state index is 0.0664. The van der Waals surface area contributed by atoms with Gasteiger partial charge in [-0.1, -0.05) is 29.8 Å². The topological polar surface area (TPSA) is 95.6 Å². The second-order valence-corrected chi connectivity index (χ2v) is 9.58. The van der Waals surface area contributed by atoms with E-state index in [1.807, 2.05) is 31.2 Å². The molecule has 0 radical (unpaired) electrons. The van der Waals surface area contributed by atoms with Crippen molar-refractivity contribution in [2.75, 3.05) is 18.4 Å². The van der Waals surface area contributed by atoms with E-state index in [0.717, 1.165) is 11.1 Å². The predicted octanol–water partition coefficient (Wildman–Crippen LogP) is 2.94. The fourth-order valence-electron chi connectivity index (χ4n) is 3.50. The lowest BCUT2D eigenvalue weighted by atomic mass is 10.1. The third-order valence-electron chi connectivity index (χ3n) is 5.08. The van der Waals surface area contributed by atoms with Gasteiger partial charge in [0.25, 0.3) is 0 Å². The highest BCUT2D eigenvalue weighted by Crippen LogP contribution is 2.22. The Morgan fingerprint density at radius 3 is 2.35 bits per heavy atom. The Labute approximate surface area is 183 Å². The summed E-state index contributed by atoms with van der Waals surface area (Å²) >= 11 is 0. The van der Waals surface area contributed by atoms with Gasteiger partial charge < -0.3 is 10.6 Å². The Morgan fingerprint density at radius 2 is 1.74 bits per heavy atom. The molecule has 2 amide bonds. The van der Waals surface area contributed by atoms with Gasteiger partial charge in [-0.15, -0.1) is 0 Å². The first kappa shape index (κ1) is 22.7. The summed E-state index contributed by atoms with van der Waals surface area (Å²) in [5.41, 5.74) is 2.63. The zero-order valence-electron chi connectivity index (χ0n) is 17.7. The zero-order valence-corrected chi connectivity index (χ0v) is 18.5. The fraction of sp³-hybridized carbons (Fsp3) is 0.304. The molecular formula is C23H27N3O4S. The number of piperidine rings is 1. The number of aryl methyl sites for hydroxylation is 1. The number of amides is 2. The van der Waals surface area contributed by atoms with Crippen LogP contribution in [-0.4, -0.2) is 43.7 Å². The molecule has 2 aromatic carbocycles. The molecule has 31 heavy (non-hydrogen) atoms. The van der Waals surface area contributed by atoms with Crippen LogP contribution in [0.25, 0.3) is 6.08 Å². The van der Waals surface area contributed by atoms with Crippen molar-refractivity contribution in [3.05, 3.63) is 65.7 Å². The lowest BCUT2D eigenvalue weighted by Crippen LogP contribution is -2.46. The van der Waals surface area contributed by atoms with Gasteiger partial charge in [0, 0.05) is 37.8 Å². The van der Waals surface area contributed by atoms with E-state index in [1.54, 1.807) is 18.2 Å². The molecule has 3 rings (SSSR count). The Bertz CT molecular complexity index is 1070. The van der Waals surface area contributed by atoms with Crippen LogP contribution >= 0.6 is 0 Å². The molecule has 1 aliphatic heterocycles. The van der Waals surface area contributed by atoms with E-state index in [1.165, 1.54) is 29.4 Å². The van der Waals surface area contributed by atoms with E-state index < -0.39 is 10.0 Å². The largest absolute Gasteiger partial charge is 0.350 e. The van der Waals surface area contributed by atoms with E-state index in [0.29, 0.717) is 31.6 Å². The fourth-order valence-corrected chi connectivity index (χ4v) is 4.97. The van der Waals surface area contributed by atoms with Crippen LogP contribution in [0.1, 0.15) is 30.9 Å². The molecule has 0 spiro atoms. The monoisotopic (exact) mass is 441 g/mol. The molecule has 1 saturated heterocycles. The molecule has 1 heterocycles. The molecule has 0 unspecified atom stereocenters. The van der Waals surface area contributed by atoms with E-state index >= 15 is 0 Å². The molecule has 0 atom stereocenters. The van der Waals surface area contributed by atoms with Crippen molar-refractivity contribution in [1.82, 2.24) is 9.62 Å². The molecule has 0 aromatic heterocycles. The Morgan fingerprint density at radius 1 is 1.06 bits per heavy atom.